The molecule has 1 amide bonds. The van der Waals surface area contributed by atoms with Gasteiger partial charge in [-0.15, -0.1) is 0 Å². The van der Waals surface area contributed by atoms with Gasteiger partial charge in [0.2, 0.25) is 5.91 Å². The molecule has 1 heterocycles. The number of morpholine rings is 1. The van der Waals surface area contributed by atoms with E-state index in [-0.39, 0.29) is 23.4 Å². The molecule has 4 aliphatic carbocycles. The lowest BCUT2D eigenvalue weighted by molar-refractivity contribution is -0.149. The Hall–Kier alpha value is -1.98. The van der Waals surface area contributed by atoms with E-state index in [2.05, 4.69) is 16.3 Å². The van der Waals surface area contributed by atoms with E-state index in [4.69, 9.17) is 15.7 Å². The van der Waals surface area contributed by atoms with Crippen LogP contribution in [0.25, 0.3) is 0 Å². The highest BCUT2D eigenvalue weighted by Crippen LogP contribution is 2.60. The molecule has 4 bridgehead atoms. The number of carbonyl (C=O) groups is 1. The fourth-order valence-corrected chi connectivity index (χ4v) is 6.97. The van der Waals surface area contributed by atoms with E-state index < -0.39 is 6.23 Å². The third-order valence-corrected chi connectivity index (χ3v) is 8.27. The smallest absolute Gasteiger partial charge is 0.223 e. The lowest BCUT2D eigenvalue weighted by atomic mass is 9.47. The molecule has 0 spiro atoms. The molecule has 7 nitrogen and oxygen atoms in total. The summed E-state index contributed by atoms with van der Waals surface area (Å²) >= 11 is 0. The number of hydrogen-bond acceptors (Lipinski definition) is 6. The minimum absolute atomic E-state index is 0.125. The number of nitriles is 1. The molecule has 31 heavy (non-hydrogen) atoms. The van der Waals surface area contributed by atoms with Crippen molar-refractivity contribution in [2.75, 3.05) is 19.8 Å². The predicted molar refractivity (Wildman–Crippen MR) is 114 cm³/mol. The van der Waals surface area contributed by atoms with Crippen LogP contribution >= 0.6 is 0 Å². The maximum atomic E-state index is 12.2. The molecule has 3 unspecified atom stereocenters. The topological polar surface area (TPSA) is 112 Å². The van der Waals surface area contributed by atoms with E-state index in [1.807, 2.05) is 24.3 Å². The summed E-state index contributed by atoms with van der Waals surface area (Å²) in [6, 6.07) is 9.88. The van der Waals surface area contributed by atoms with Gasteiger partial charge in [-0.3, -0.25) is 15.0 Å². The third-order valence-electron chi connectivity index (χ3n) is 8.27. The van der Waals surface area contributed by atoms with Crippen LogP contribution < -0.4 is 11.1 Å². The molecular formula is C24H32N4O3. The van der Waals surface area contributed by atoms with Crippen molar-refractivity contribution in [3.63, 3.8) is 0 Å². The quantitative estimate of drug-likeness (QED) is 0.595. The number of amides is 1. The lowest BCUT2D eigenvalue weighted by Gasteiger charge is -2.59. The number of nitrogens with one attached hydrogen (secondary N) is 1. The van der Waals surface area contributed by atoms with Crippen LogP contribution in [0.3, 0.4) is 0 Å². The molecular weight excluding hydrogens is 392 g/mol. The summed E-state index contributed by atoms with van der Waals surface area (Å²) in [6.45, 7) is 2.61. The number of benzene rings is 1. The Morgan fingerprint density at radius 2 is 2.00 bits per heavy atom. The van der Waals surface area contributed by atoms with Gasteiger partial charge in [0.25, 0.3) is 0 Å². The molecule has 4 saturated carbocycles. The van der Waals surface area contributed by atoms with Gasteiger partial charge in [-0.05, 0) is 67.6 Å². The first-order chi connectivity index (χ1) is 15.0. The second kappa shape index (κ2) is 8.18. The van der Waals surface area contributed by atoms with Crippen molar-refractivity contribution in [2.24, 2.45) is 28.9 Å². The first kappa shape index (κ1) is 20.9. The Bertz CT molecular complexity index is 851. The summed E-state index contributed by atoms with van der Waals surface area (Å²) in [5.41, 5.74) is 7.28. The summed E-state index contributed by atoms with van der Waals surface area (Å²) in [5.74, 6) is 1.29. The van der Waals surface area contributed by atoms with Gasteiger partial charge >= 0.3 is 0 Å². The van der Waals surface area contributed by atoms with Crippen molar-refractivity contribution in [2.45, 2.75) is 57.0 Å². The van der Waals surface area contributed by atoms with Crippen LogP contribution in [0.4, 0.5) is 0 Å². The van der Waals surface area contributed by atoms with Crippen molar-refractivity contribution < 1.29 is 14.6 Å². The van der Waals surface area contributed by atoms with Gasteiger partial charge in [0.15, 0.2) is 0 Å². The largest absolute Gasteiger partial charge is 0.378 e. The van der Waals surface area contributed by atoms with Crippen molar-refractivity contribution in [1.82, 2.24) is 10.2 Å². The van der Waals surface area contributed by atoms with Crippen LogP contribution in [-0.4, -0.2) is 54.0 Å². The first-order valence-electron chi connectivity index (χ1n) is 11.5. The number of ether oxygens (including phenoxy) is 1. The Labute approximate surface area is 183 Å². The second-order valence-electron chi connectivity index (χ2n) is 10.2. The third kappa shape index (κ3) is 3.87. The van der Waals surface area contributed by atoms with E-state index in [1.165, 1.54) is 0 Å². The van der Waals surface area contributed by atoms with E-state index in [0.717, 1.165) is 44.2 Å². The van der Waals surface area contributed by atoms with Gasteiger partial charge in [0, 0.05) is 24.5 Å². The molecule has 0 radical (unpaired) electrons. The highest BCUT2D eigenvalue weighted by atomic mass is 16.5. The minimum atomic E-state index is -0.689. The maximum absolute atomic E-state index is 12.2. The SMILES string of the molecule is N#Cc1ccc(CN2CCOCC2[C@H](O)NC2C3CC4CC2CC(C(N)=O)(C4)C3)cc1. The number of aliphatic hydroxyl groups excluding tert-OH is 1. The Kier molecular flexibility index (Phi) is 5.51. The van der Waals surface area contributed by atoms with Crippen LogP contribution in [0, 0.1) is 34.5 Å². The molecule has 7 heteroatoms. The summed E-state index contributed by atoms with van der Waals surface area (Å²) in [7, 11) is 0. The number of nitrogens with zero attached hydrogens (tertiary/aromatic N) is 2. The number of rotatable bonds is 6. The van der Waals surface area contributed by atoms with E-state index in [1.54, 1.807) is 0 Å². The number of carbonyl (C=O) groups excluding carboxylic acids is 1. The van der Waals surface area contributed by atoms with Crippen LogP contribution in [0.5, 0.6) is 0 Å². The molecule has 1 aliphatic heterocycles. The normalized spacial score (nSPS) is 38.0. The van der Waals surface area contributed by atoms with Crippen LogP contribution in [-0.2, 0) is 16.1 Å². The molecule has 1 aromatic carbocycles. The van der Waals surface area contributed by atoms with Crippen molar-refractivity contribution in [3.8, 4) is 6.07 Å². The van der Waals surface area contributed by atoms with Crippen molar-refractivity contribution in [3.05, 3.63) is 35.4 Å². The number of aliphatic hydroxyl groups is 1. The second-order valence-corrected chi connectivity index (χ2v) is 10.2. The average molecular weight is 425 g/mol. The van der Waals surface area contributed by atoms with E-state index in [0.29, 0.717) is 43.1 Å². The van der Waals surface area contributed by atoms with E-state index in [9.17, 15) is 9.90 Å². The van der Waals surface area contributed by atoms with Gasteiger partial charge in [-0.2, -0.15) is 5.26 Å². The molecule has 4 atom stereocenters. The van der Waals surface area contributed by atoms with Gasteiger partial charge in [0.05, 0.1) is 30.9 Å². The van der Waals surface area contributed by atoms with Crippen molar-refractivity contribution >= 4 is 5.91 Å². The van der Waals surface area contributed by atoms with Gasteiger partial charge in [0.1, 0.15) is 6.23 Å². The Morgan fingerprint density at radius 1 is 1.29 bits per heavy atom. The standard InChI is InChI=1S/C24H32N4O3/c25-12-15-1-3-16(4-2-15)13-28-5-6-31-14-20(28)22(29)27-21-18-7-17-8-19(21)11-24(9-17,10-18)23(26)30/h1-4,17-22,27,29H,5-11,13-14H2,(H2,26,30)/t17?,18?,19?,20?,21?,22-,24?/m0/s1. The maximum Gasteiger partial charge on any atom is 0.223 e. The molecule has 1 saturated heterocycles. The summed E-state index contributed by atoms with van der Waals surface area (Å²) in [6.07, 6.45) is 4.24. The Morgan fingerprint density at radius 3 is 2.65 bits per heavy atom. The zero-order valence-electron chi connectivity index (χ0n) is 17.9. The summed E-state index contributed by atoms with van der Waals surface area (Å²) in [5, 5.41) is 23.8. The molecule has 5 fully saturated rings. The Balaban J connectivity index is 1.26. The van der Waals surface area contributed by atoms with Gasteiger partial charge in [-0.1, -0.05) is 12.1 Å². The van der Waals surface area contributed by atoms with Gasteiger partial charge < -0.3 is 15.6 Å². The van der Waals surface area contributed by atoms with Crippen LogP contribution in [0.15, 0.2) is 24.3 Å². The molecule has 1 aromatic rings. The number of primary amides is 1. The van der Waals surface area contributed by atoms with Gasteiger partial charge in [-0.25, -0.2) is 0 Å². The lowest BCUT2D eigenvalue weighted by Crippen LogP contribution is -2.65. The van der Waals surface area contributed by atoms with Crippen LogP contribution in [0.1, 0.15) is 43.2 Å². The van der Waals surface area contributed by atoms with E-state index >= 15 is 0 Å². The molecule has 6 rings (SSSR count). The zero-order chi connectivity index (χ0) is 21.6. The highest BCUT2D eigenvalue weighted by molar-refractivity contribution is 5.81. The molecule has 0 aromatic heterocycles. The minimum Gasteiger partial charge on any atom is -0.378 e. The summed E-state index contributed by atoms with van der Waals surface area (Å²) in [4.78, 5) is 14.5. The molecule has 5 aliphatic rings. The highest BCUT2D eigenvalue weighted by Gasteiger charge is 2.58. The van der Waals surface area contributed by atoms with Crippen LogP contribution in [0.2, 0.25) is 0 Å². The van der Waals surface area contributed by atoms with Crippen molar-refractivity contribution in [1.29, 1.82) is 5.26 Å². The average Bonchev–Trinajstić information content (AvgIpc) is 2.76. The summed E-state index contributed by atoms with van der Waals surface area (Å²) < 4.78 is 5.72. The number of hydrogen-bond donors (Lipinski definition) is 3. The zero-order valence-corrected chi connectivity index (χ0v) is 17.9. The monoisotopic (exact) mass is 424 g/mol. The number of nitrogens with two attached hydrogens (primary N) is 1. The molecule has 166 valence electrons. The molecule has 4 N–H and O–H groups in total. The first-order valence-corrected chi connectivity index (χ1v) is 11.5. The fraction of sp³-hybridized carbons (Fsp3) is 0.667. The predicted octanol–water partition coefficient (Wildman–Crippen LogP) is 1.35. The fourth-order valence-electron chi connectivity index (χ4n) is 6.97.